The lowest BCUT2D eigenvalue weighted by atomic mass is 9.98. The molecule has 0 saturated heterocycles. The highest BCUT2D eigenvalue weighted by Gasteiger charge is 2.25. The molecule has 1 aliphatic carbocycles. The number of ether oxygens (including phenoxy) is 2. The Morgan fingerprint density at radius 2 is 2.09 bits per heavy atom. The number of imidazole rings is 1. The highest BCUT2D eigenvalue weighted by atomic mass is 16.5. The van der Waals surface area contributed by atoms with Gasteiger partial charge in [-0.15, -0.1) is 0 Å². The fourth-order valence-electron chi connectivity index (χ4n) is 3.63. The first-order chi connectivity index (χ1) is 11.2. The normalized spacial score (nSPS) is 19.6. The van der Waals surface area contributed by atoms with Crippen LogP contribution in [0.1, 0.15) is 54.1 Å². The SMILES string of the molecule is COC(=O)c1nc2c(n1C)CCN(CCOC1CCCCC1)C2. The average Bonchev–Trinajstić information content (AvgIpc) is 2.91. The Morgan fingerprint density at radius 1 is 1.30 bits per heavy atom. The standard InChI is InChI=1S/C17H27N3O3/c1-19-15-8-9-20(10-11-23-13-6-4-3-5-7-13)12-14(15)18-16(19)17(21)22-2/h13H,3-12H2,1-2H3. The Kier molecular flexibility index (Phi) is 5.33. The molecule has 1 aromatic heterocycles. The molecule has 2 heterocycles. The number of rotatable bonds is 5. The Morgan fingerprint density at radius 3 is 2.83 bits per heavy atom. The number of fused-ring (bicyclic) bond motifs is 1. The molecule has 1 aromatic rings. The summed E-state index contributed by atoms with van der Waals surface area (Å²) in [6.07, 6.45) is 7.78. The Bertz CT molecular complexity index is 550. The van der Waals surface area contributed by atoms with Gasteiger partial charge < -0.3 is 14.0 Å². The summed E-state index contributed by atoms with van der Waals surface area (Å²) in [6.45, 7) is 3.49. The van der Waals surface area contributed by atoms with Crippen molar-refractivity contribution in [3.8, 4) is 0 Å². The molecule has 1 aliphatic heterocycles. The first-order valence-corrected chi connectivity index (χ1v) is 8.65. The third-order valence-corrected chi connectivity index (χ3v) is 5.02. The van der Waals surface area contributed by atoms with E-state index in [4.69, 9.17) is 9.47 Å². The summed E-state index contributed by atoms with van der Waals surface area (Å²) in [6, 6.07) is 0. The predicted molar refractivity (Wildman–Crippen MR) is 86.4 cm³/mol. The van der Waals surface area contributed by atoms with E-state index in [1.807, 2.05) is 11.6 Å². The summed E-state index contributed by atoms with van der Waals surface area (Å²) in [5.74, 6) is 0.0342. The van der Waals surface area contributed by atoms with Crippen molar-refractivity contribution >= 4 is 5.97 Å². The number of methoxy groups -OCH3 is 1. The molecular weight excluding hydrogens is 294 g/mol. The van der Waals surface area contributed by atoms with Crippen LogP contribution in [0.2, 0.25) is 0 Å². The lowest BCUT2D eigenvalue weighted by Gasteiger charge is -2.28. The van der Waals surface area contributed by atoms with Crippen LogP contribution < -0.4 is 0 Å². The fraction of sp³-hybridized carbons (Fsp3) is 0.765. The zero-order valence-electron chi connectivity index (χ0n) is 14.2. The van der Waals surface area contributed by atoms with Crippen LogP contribution in [0.4, 0.5) is 0 Å². The van der Waals surface area contributed by atoms with E-state index in [1.165, 1.54) is 39.2 Å². The first kappa shape index (κ1) is 16.5. The van der Waals surface area contributed by atoms with E-state index in [-0.39, 0.29) is 5.97 Å². The first-order valence-electron chi connectivity index (χ1n) is 8.65. The van der Waals surface area contributed by atoms with E-state index in [2.05, 4.69) is 9.88 Å². The zero-order chi connectivity index (χ0) is 16.2. The molecule has 0 bridgehead atoms. The van der Waals surface area contributed by atoms with E-state index < -0.39 is 0 Å². The van der Waals surface area contributed by atoms with Gasteiger partial charge in [-0.25, -0.2) is 9.78 Å². The highest BCUT2D eigenvalue weighted by molar-refractivity contribution is 5.85. The second kappa shape index (κ2) is 7.45. The van der Waals surface area contributed by atoms with E-state index in [1.54, 1.807) is 0 Å². The van der Waals surface area contributed by atoms with Crippen molar-refractivity contribution in [3.05, 3.63) is 17.2 Å². The van der Waals surface area contributed by atoms with Crippen LogP contribution in [0.3, 0.4) is 0 Å². The number of nitrogens with zero attached hydrogens (tertiary/aromatic N) is 3. The number of aromatic nitrogens is 2. The minimum atomic E-state index is -0.367. The molecule has 6 nitrogen and oxygen atoms in total. The molecule has 0 spiro atoms. The van der Waals surface area contributed by atoms with Crippen molar-refractivity contribution < 1.29 is 14.3 Å². The van der Waals surface area contributed by atoms with Gasteiger partial charge in [0.1, 0.15) is 0 Å². The molecule has 0 atom stereocenters. The van der Waals surface area contributed by atoms with Crippen molar-refractivity contribution in [2.45, 2.75) is 51.2 Å². The van der Waals surface area contributed by atoms with E-state index in [0.29, 0.717) is 11.9 Å². The fourth-order valence-corrected chi connectivity index (χ4v) is 3.63. The third kappa shape index (κ3) is 3.75. The molecule has 0 amide bonds. The van der Waals surface area contributed by atoms with Crippen LogP contribution in [-0.4, -0.2) is 53.3 Å². The van der Waals surface area contributed by atoms with Crippen molar-refractivity contribution in [3.63, 3.8) is 0 Å². The van der Waals surface area contributed by atoms with E-state index in [9.17, 15) is 4.79 Å². The Hall–Kier alpha value is -1.40. The molecule has 0 aromatic carbocycles. The van der Waals surface area contributed by atoms with Gasteiger partial charge >= 0.3 is 5.97 Å². The van der Waals surface area contributed by atoms with Gasteiger partial charge in [0.05, 0.1) is 25.5 Å². The topological polar surface area (TPSA) is 56.6 Å². The molecule has 2 aliphatic rings. The quantitative estimate of drug-likeness (QED) is 0.776. The minimum absolute atomic E-state index is 0.367. The molecule has 1 fully saturated rings. The number of hydrogen-bond donors (Lipinski definition) is 0. The molecule has 23 heavy (non-hydrogen) atoms. The van der Waals surface area contributed by atoms with Crippen molar-refractivity contribution in [1.29, 1.82) is 0 Å². The molecular formula is C17H27N3O3. The van der Waals surface area contributed by atoms with Gasteiger partial charge in [0.2, 0.25) is 5.82 Å². The Balaban J connectivity index is 1.52. The summed E-state index contributed by atoms with van der Waals surface area (Å²) >= 11 is 0. The molecule has 1 saturated carbocycles. The summed E-state index contributed by atoms with van der Waals surface area (Å²) < 4.78 is 12.7. The molecule has 0 unspecified atom stereocenters. The van der Waals surface area contributed by atoms with Gasteiger partial charge in [-0.1, -0.05) is 19.3 Å². The predicted octanol–water partition coefficient (Wildman–Crippen LogP) is 1.91. The second-order valence-electron chi connectivity index (χ2n) is 6.54. The Labute approximate surface area is 137 Å². The van der Waals surface area contributed by atoms with Gasteiger partial charge in [-0.05, 0) is 12.8 Å². The number of esters is 1. The lowest BCUT2D eigenvalue weighted by molar-refractivity contribution is 0.0143. The van der Waals surface area contributed by atoms with Crippen LogP contribution in [-0.2, 0) is 29.5 Å². The molecule has 0 N–H and O–H groups in total. The van der Waals surface area contributed by atoms with Crippen molar-refractivity contribution in [2.24, 2.45) is 7.05 Å². The minimum Gasteiger partial charge on any atom is -0.463 e. The summed E-state index contributed by atoms with van der Waals surface area (Å²) in [7, 11) is 3.28. The molecule has 128 valence electrons. The maximum absolute atomic E-state index is 11.7. The molecule has 3 rings (SSSR count). The lowest BCUT2D eigenvalue weighted by Crippen LogP contribution is -2.34. The number of hydrogen-bond acceptors (Lipinski definition) is 5. The van der Waals surface area contributed by atoms with Gasteiger partial charge in [-0.3, -0.25) is 4.90 Å². The number of carbonyl (C=O) groups is 1. The largest absolute Gasteiger partial charge is 0.463 e. The van der Waals surface area contributed by atoms with E-state index >= 15 is 0 Å². The van der Waals surface area contributed by atoms with Gasteiger partial charge in [0, 0.05) is 38.8 Å². The average molecular weight is 321 g/mol. The van der Waals surface area contributed by atoms with Gasteiger partial charge in [0.15, 0.2) is 0 Å². The van der Waals surface area contributed by atoms with Crippen LogP contribution in [0.25, 0.3) is 0 Å². The smallest absolute Gasteiger partial charge is 0.374 e. The van der Waals surface area contributed by atoms with Crippen LogP contribution in [0.15, 0.2) is 0 Å². The maximum atomic E-state index is 11.7. The van der Waals surface area contributed by atoms with Gasteiger partial charge in [0.25, 0.3) is 0 Å². The second-order valence-corrected chi connectivity index (χ2v) is 6.54. The van der Waals surface area contributed by atoms with Crippen LogP contribution in [0, 0.1) is 0 Å². The van der Waals surface area contributed by atoms with Gasteiger partial charge in [-0.2, -0.15) is 0 Å². The molecule has 0 radical (unpaired) electrons. The summed E-state index contributed by atoms with van der Waals surface area (Å²) in [5, 5.41) is 0. The maximum Gasteiger partial charge on any atom is 0.374 e. The van der Waals surface area contributed by atoms with Crippen LogP contribution in [0.5, 0.6) is 0 Å². The molecule has 6 heteroatoms. The van der Waals surface area contributed by atoms with E-state index in [0.717, 1.165) is 44.0 Å². The summed E-state index contributed by atoms with van der Waals surface area (Å²) in [4.78, 5) is 18.6. The summed E-state index contributed by atoms with van der Waals surface area (Å²) in [5.41, 5.74) is 2.15. The van der Waals surface area contributed by atoms with Crippen molar-refractivity contribution in [2.75, 3.05) is 26.8 Å². The highest BCUT2D eigenvalue weighted by Crippen LogP contribution is 2.22. The third-order valence-electron chi connectivity index (χ3n) is 5.02. The zero-order valence-corrected chi connectivity index (χ0v) is 14.2. The van der Waals surface area contributed by atoms with Crippen LogP contribution >= 0.6 is 0 Å². The number of carbonyl (C=O) groups excluding carboxylic acids is 1. The van der Waals surface area contributed by atoms with Crippen molar-refractivity contribution in [1.82, 2.24) is 14.5 Å². The monoisotopic (exact) mass is 321 g/mol.